The summed E-state index contributed by atoms with van der Waals surface area (Å²) in [6.07, 6.45) is 17.1. The van der Waals surface area contributed by atoms with Gasteiger partial charge < -0.3 is 15.4 Å². The third-order valence-corrected chi connectivity index (χ3v) is 5.03. The van der Waals surface area contributed by atoms with Crippen molar-refractivity contribution >= 4 is 29.4 Å². The molecule has 6 heteroatoms. The molecular formula is C26H20N4O2. The van der Waals surface area contributed by atoms with Gasteiger partial charge in [0.05, 0.1) is 22.8 Å². The van der Waals surface area contributed by atoms with Crippen LogP contribution in [0.4, 0.5) is 0 Å². The van der Waals surface area contributed by atoms with E-state index in [0.717, 1.165) is 39.2 Å². The second-order valence-corrected chi connectivity index (χ2v) is 7.52. The molecule has 4 aliphatic rings. The number of benzene rings is 1. The molecular weight excluding hydrogens is 400 g/mol. The van der Waals surface area contributed by atoms with Crippen molar-refractivity contribution in [1.82, 2.24) is 10.3 Å². The average Bonchev–Trinajstić information content (AvgIpc) is 3.55. The molecule has 4 aliphatic heterocycles. The summed E-state index contributed by atoms with van der Waals surface area (Å²) >= 11 is 0. The van der Waals surface area contributed by atoms with Crippen LogP contribution in [0.3, 0.4) is 0 Å². The van der Waals surface area contributed by atoms with Crippen LogP contribution in [0.15, 0.2) is 112 Å². The first kappa shape index (κ1) is 19.5. The van der Waals surface area contributed by atoms with Gasteiger partial charge in [-0.05, 0) is 72.9 Å². The van der Waals surface area contributed by atoms with Crippen molar-refractivity contribution in [2.75, 3.05) is 0 Å². The fourth-order valence-electron chi connectivity index (χ4n) is 3.54. The Kier molecular flexibility index (Phi) is 5.09. The number of carbonyl (C=O) groups excluding carboxylic acids is 1. The van der Waals surface area contributed by atoms with Gasteiger partial charge in [-0.3, -0.25) is 4.79 Å². The van der Waals surface area contributed by atoms with Gasteiger partial charge in [-0.1, -0.05) is 18.2 Å². The lowest BCUT2D eigenvalue weighted by Gasteiger charge is -2.06. The largest absolute Gasteiger partial charge is 0.508 e. The number of H-pyrrole nitrogens is 1. The molecule has 0 aliphatic carbocycles. The van der Waals surface area contributed by atoms with Gasteiger partial charge in [-0.2, -0.15) is 0 Å². The van der Waals surface area contributed by atoms with Crippen LogP contribution in [0.5, 0.6) is 5.75 Å². The average molecular weight is 420 g/mol. The molecule has 6 rings (SSSR count). The van der Waals surface area contributed by atoms with Crippen molar-refractivity contribution in [3.8, 4) is 5.75 Å². The number of hydrogen-bond acceptors (Lipinski definition) is 5. The van der Waals surface area contributed by atoms with E-state index in [1.165, 1.54) is 0 Å². The van der Waals surface area contributed by atoms with E-state index in [-0.39, 0.29) is 11.8 Å². The number of phenols is 1. The molecule has 1 atom stereocenters. The number of fused-ring (bicyclic) bond motifs is 6. The Balaban J connectivity index is 0.000000265. The van der Waals surface area contributed by atoms with E-state index in [0.29, 0.717) is 5.75 Å². The van der Waals surface area contributed by atoms with E-state index in [2.05, 4.69) is 20.3 Å². The normalized spacial score (nSPS) is 19.9. The maximum absolute atomic E-state index is 12.2. The number of ketones is 1. The van der Waals surface area contributed by atoms with Crippen LogP contribution in [0.1, 0.15) is 0 Å². The van der Waals surface area contributed by atoms with E-state index in [9.17, 15) is 4.79 Å². The first-order valence-corrected chi connectivity index (χ1v) is 10.2. The maximum atomic E-state index is 12.2. The summed E-state index contributed by atoms with van der Waals surface area (Å²) in [6, 6.07) is 12.3. The second-order valence-electron chi connectivity index (χ2n) is 7.52. The van der Waals surface area contributed by atoms with Crippen LogP contribution >= 0.6 is 0 Å². The summed E-state index contributed by atoms with van der Waals surface area (Å²) in [7, 11) is 0. The lowest BCUT2D eigenvalue weighted by atomic mass is 10.2. The molecule has 0 saturated carbocycles. The Hall–Kier alpha value is -4.45. The van der Waals surface area contributed by atoms with Gasteiger partial charge in [0.25, 0.3) is 0 Å². The predicted octanol–water partition coefficient (Wildman–Crippen LogP) is 2.20. The Labute approximate surface area is 184 Å². The third kappa shape index (κ3) is 4.49. The third-order valence-electron chi connectivity index (χ3n) is 5.03. The number of aliphatic imine (C=N–C) groups is 2. The minimum atomic E-state index is -0.383. The van der Waals surface area contributed by atoms with Crippen molar-refractivity contribution < 1.29 is 9.90 Å². The van der Waals surface area contributed by atoms with Crippen LogP contribution in [-0.4, -0.2) is 33.3 Å². The highest BCUT2D eigenvalue weighted by Gasteiger charge is 2.22. The molecule has 32 heavy (non-hydrogen) atoms. The molecule has 3 N–H and O–H groups in total. The van der Waals surface area contributed by atoms with Crippen molar-refractivity contribution in [3.05, 3.63) is 113 Å². The topological polar surface area (TPSA) is 89.8 Å². The lowest BCUT2D eigenvalue weighted by Crippen LogP contribution is -2.26. The molecule has 0 amide bonds. The fraction of sp³-hybridized carbons (Fsp3) is 0.0385. The Morgan fingerprint density at radius 1 is 0.750 bits per heavy atom. The Bertz CT molecular complexity index is 1410. The fourth-order valence-corrected chi connectivity index (χ4v) is 3.54. The van der Waals surface area contributed by atoms with E-state index >= 15 is 0 Å². The minimum Gasteiger partial charge on any atom is -0.508 e. The molecule has 1 aromatic carbocycles. The number of aromatic amines is 1. The highest BCUT2D eigenvalue weighted by Crippen LogP contribution is 2.17. The van der Waals surface area contributed by atoms with Crippen molar-refractivity contribution in [2.45, 2.75) is 6.04 Å². The minimum absolute atomic E-state index is 0.0318. The van der Waals surface area contributed by atoms with Gasteiger partial charge in [0.15, 0.2) is 5.78 Å². The van der Waals surface area contributed by atoms with E-state index in [1.807, 2.05) is 66.8 Å². The molecule has 0 radical (unpaired) electrons. The summed E-state index contributed by atoms with van der Waals surface area (Å²) in [5, 5.41) is 13.8. The van der Waals surface area contributed by atoms with Crippen molar-refractivity contribution in [3.63, 3.8) is 0 Å². The predicted molar refractivity (Wildman–Crippen MR) is 126 cm³/mol. The number of para-hydroxylation sites is 1. The highest BCUT2D eigenvalue weighted by atomic mass is 16.3. The molecule has 1 aromatic heterocycles. The number of carbonyl (C=O) groups is 1. The molecule has 6 nitrogen and oxygen atoms in total. The first-order valence-electron chi connectivity index (χ1n) is 10.2. The van der Waals surface area contributed by atoms with Gasteiger partial charge in [0.1, 0.15) is 11.8 Å². The molecule has 2 aromatic rings. The number of nitrogens with zero attached hydrogens (tertiary/aromatic N) is 2. The van der Waals surface area contributed by atoms with Crippen LogP contribution in [0.2, 0.25) is 0 Å². The molecule has 0 fully saturated rings. The number of phenolic OH excluding ortho intramolecular Hbond substituents is 1. The Morgan fingerprint density at radius 3 is 2.19 bits per heavy atom. The van der Waals surface area contributed by atoms with Crippen LogP contribution in [0, 0.1) is 0 Å². The summed E-state index contributed by atoms with van der Waals surface area (Å²) < 4.78 is 0. The lowest BCUT2D eigenvalue weighted by molar-refractivity contribution is -0.114. The van der Waals surface area contributed by atoms with Crippen molar-refractivity contribution in [1.29, 1.82) is 0 Å². The zero-order valence-electron chi connectivity index (χ0n) is 17.1. The van der Waals surface area contributed by atoms with Gasteiger partial charge in [0.2, 0.25) is 0 Å². The number of nitrogens with one attached hydrogen (secondary N) is 2. The van der Waals surface area contributed by atoms with E-state index < -0.39 is 0 Å². The number of rotatable bonds is 0. The molecule has 156 valence electrons. The molecule has 0 saturated heterocycles. The van der Waals surface area contributed by atoms with Crippen LogP contribution in [-0.2, 0) is 4.79 Å². The Morgan fingerprint density at radius 2 is 1.44 bits per heavy atom. The molecule has 1 unspecified atom stereocenters. The SMILES string of the molecule is O=C1C=C2C=c3ccc([nH]3)=CC3=NC(=CC4=NC(=CC1N2)C=C4)C=C3.Oc1ccccc1. The molecule has 0 spiro atoms. The zero-order valence-corrected chi connectivity index (χ0v) is 17.1. The summed E-state index contributed by atoms with van der Waals surface area (Å²) in [5.74, 6) is 0.354. The zero-order chi connectivity index (χ0) is 21.9. The number of aromatic hydroxyl groups is 1. The van der Waals surface area contributed by atoms with Crippen LogP contribution < -0.4 is 16.0 Å². The monoisotopic (exact) mass is 420 g/mol. The summed E-state index contributed by atoms with van der Waals surface area (Å²) in [6.45, 7) is 0. The highest BCUT2D eigenvalue weighted by molar-refractivity contribution is 6.19. The second kappa shape index (κ2) is 8.35. The van der Waals surface area contributed by atoms with Gasteiger partial charge in [0, 0.05) is 22.5 Å². The van der Waals surface area contributed by atoms with E-state index in [4.69, 9.17) is 5.11 Å². The number of hydrogen-bond donors (Lipinski definition) is 3. The summed E-state index contributed by atoms with van der Waals surface area (Å²) in [4.78, 5) is 24.7. The number of allylic oxidation sites excluding steroid dienone is 6. The van der Waals surface area contributed by atoms with E-state index in [1.54, 1.807) is 30.3 Å². The molecule has 8 bridgehead atoms. The van der Waals surface area contributed by atoms with Gasteiger partial charge in [-0.15, -0.1) is 0 Å². The maximum Gasteiger partial charge on any atom is 0.183 e. The van der Waals surface area contributed by atoms with Gasteiger partial charge in [-0.25, -0.2) is 9.98 Å². The smallest absolute Gasteiger partial charge is 0.183 e. The summed E-state index contributed by atoms with van der Waals surface area (Å²) in [5.41, 5.74) is 4.15. The standard InChI is InChI=1S/C20H14N4O.C6H6O/c25-20-11-18-9-16-4-3-14(22-16)7-12-1-2-13(21-12)8-15-5-6-17(23-15)10-19(20)24-18;7-6-4-2-1-3-5-6/h1-11,19,22,24H;1-5,7H. The quantitative estimate of drug-likeness (QED) is 0.610. The number of aromatic nitrogens is 1. The molecule has 5 heterocycles. The van der Waals surface area contributed by atoms with Crippen LogP contribution in [0.25, 0.3) is 12.2 Å². The first-order chi connectivity index (χ1) is 15.6. The van der Waals surface area contributed by atoms with Crippen molar-refractivity contribution in [2.24, 2.45) is 9.98 Å². The van der Waals surface area contributed by atoms with Gasteiger partial charge >= 0.3 is 0 Å².